The molecule has 65 valence electrons. The van der Waals surface area contributed by atoms with Crippen molar-refractivity contribution in [3.63, 3.8) is 0 Å². The van der Waals surface area contributed by atoms with Gasteiger partial charge in [-0.05, 0) is 30.0 Å². The van der Waals surface area contributed by atoms with Crippen LogP contribution in [-0.4, -0.2) is 0 Å². The van der Waals surface area contributed by atoms with Gasteiger partial charge in [-0.15, -0.1) is 0 Å². The minimum absolute atomic E-state index is 1.16. The molecule has 12 heavy (non-hydrogen) atoms. The van der Waals surface area contributed by atoms with Crippen LogP contribution in [0.4, 0.5) is 0 Å². The molecule has 0 heterocycles. The quantitative estimate of drug-likeness (QED) is 0.635. The van der Waals surface area contributed by atoms with Crippen LogP contribution in [0.1, 0.15) is 37.8 Å². The fraction of sp³-hybridized carbons (Fsp3) is 0.500. The fourth-order valence-corrected chi connectivity index (χ4v) is 1.36. The summed E-state index contributed by atoms with van der Waals surface area (Å²) in [5.74, 6) is 0. The van der Waals surface area contributed by atoms with E-state index in [4.69, 9.17) is 0 Å². The van der Waals surface area contributed by atoms with Crippen LogP contribution in [0.3, 0.4) is 0 Å². The van der Waals surface area contributed by atoms with Crippen LogP contribution in [0.25, 0.3) is 0 Å². The van der Waals surface area contributed by atoms with Crippen LogP contribution in [0.5, 0.6) is 0 Å². The Morgan fingerprint density at radius 2 is 1.83 bits per heavy atom. The second kappa shape index (κ2) is 4.97. The minimum atomic E-state index is 1.16. The molecule has 0 heteroatoms. The summed E-state index contributed by atoms with van der Waals surface area (Å²) in [6.45, 7) is 4.41. The number of hydrogen-bond acceptors (Lipinski definition) is 0. The smallest absolute Gasteiger partial charge is 0.0146 e. The number of benzene rings is 1. The molecule has 0 saturated heterocycles. The van der Waals surface area contributed by atoms with E-state index >= 15 is 0 Å². The van der Waals surface area contributed by atoms with Gasteiger partial charge in [0.05, 0.1) is 0 Å². The molecule has 0 fully saturated rings. The SMILES string of the molecule is CCCc1[c]cc(CCC)cc1. The summed E-state index contributed by atoms with van der Waals surface area (Å²) in [7, 11) is 0. The van der Waals surface area contributed by atoms with Crippen molar-refractivity contribution in [3.05, 3.63) is 35.4 Å². The molecule has 0 aromatic heterocycles. The monoisotopic (exact) mass is 161 g/mol. The van der Waals surface area contributed by atoms with Crippen molar-refractivity contribution < 1.29 is 0 Å². The Bertz CT molecular complexity index is 183. The number of aryl methyl sites for hydroxylation is 2. The zero-order valence-corrected chi connectivity index (χ0v) is 8.06. The van der Waals surface area contributed by atoms with E-state index in [0.717, 1.165) is 6.42 Å². The summed E-state index contributed by atoms with van der Waals surface area (Å²) in [5, 5.41) is 0. The Kier molecular flexibility index (Phi) is 3.86. The highest BCUT2D eigenvalue weighted by atomic mass is 14.0. The number of hydrogen-bond donors (Lipinski definition) is 0. The lowest BCUT2D eigenvalue weighted by atomic mass is 10.1. The van der Waals surface area contributed by atoms with Crippen molar-refractivity contribution in [1.82, 2.24) is 0 Å². The van der Waals surface area contributed by atoms with Gasteiger partial charge in [0, 0.05) is 0 Å². The Morgan fingerprint density at radius 3 is 2.33 bits per heavy atom. The van der Waals surface area contributed by atoms with Gasteiger partial charge in [-0.3, -0.25) is 0 Å². The third-order valence-corrected chi connectivity index (χ3v) is 2.00. The van der Waals surface area contributed by atoms with Gasteiger partial charge in [0.15, 0.2) is 0 Å². The van der Waals surface area contributed by atoms with Crippen LogP contribution in [-0.2, 0) is 12.8 Å². The predicted octanol–water partition coefficient (Wildman–Crippen LogP) is 3.39. The molecule has 0 amide bonds. The zero-order valence-electron chi connectivity index (χ0n) is 8.06. The van der Waals surface area contributed by atoms with E-state index in [9.17, 15) is 0 Å². The van der Waals surface area contributed by atoms with E-state index in [2.05, 4.69) is 38.1 Å². The van der Waals surface area contributed by atoms with Crippen molar-refractivity contribution in [3.8, 4) is 0 Å². The molecule has 0 spiro atoms. The maximum Gasteiger partial charge on any atom is -0.0146 e. The third-order valence-electron chi connectivity index (χ3n) is 2.00. The topological polar surface area (TPSA) is 0 Å². The molecule has 1 rings (SSSR count). The molecule has 0 bridgehead atoms. The Balaban J connectivity index is 2.58. The predicted molar refractivity (Wildman–Crippen MR) is 53.3 cm³/mol. The van der Waals surface area contributed by atoms with Crippen molar-refractivity contribution in [2.45, 2.75) is 39.5 Å². The molecule has 0 aliphatic carbocycles. The first-order chi connectivity index (χ1) is 5.86. The van der Waals surface area contributed by atoms with Gasteiger partial charge in [0.25, 0.3) is 0 Å². The molecule has 0 saturated carbocycles. The van der Waals surface area contributed by atoms with Gasteiger partial charge in [0.1, 0.15) is 0 Å². The first kappa shape index (κ1) is 9.31. The molecule has 0 aliphatic rings. The van der Waals surface area contributed by atoms with Crippen LogP contribution in [0.15, 0.2) is 18.2 Å². The molecule has 1 radical (unpaired) electrons. The van der Waals surface area contributed by atoms with E-state index in [-0.39, 0.29) is 0 Å². The Hall–Kier alpha value is -0.780. The lowest BCUT2D eigenvalue weighted by Gasteiger charge is -2.00. The minimum Gasteiger partial charge on any atom is -0.0651 e. The fourth-order valence-electron chi connectivity index (χ4n) is 1.36. The van der Waals surface area contributed by atoms with Gasteiger partial charge < -0.3 is 0 Å². The molecule has 1 aromatic carbocycles. The van der Waals surface area contributed by atoms with Crippen LogP contribution in [0, 0.1) is 6.07 Å². The third kappa shape index (κ3) is 2.69. The van der Waals surface area contributed by atoms with Crippen LogP contribution >= 0.6 is 0 Å². The van der Waals surface area contributed by atoms with Crippen LogP contribution in [0.2, 0.25) is 0 Å². The second-order valence-corrected chi connectivity index (χ2v) is 3.22. The largest absolute Gasteiger partial charge is 0.0651 e. The highest BCUT2D eigenvalue weighted by Gasteiger charge is 1.92. The van der Waals surface area contributed by atoms with Gasteiger partial charge in [-0.2, -0.15) is 0 Å². The van der Waals surface area contributed by atoms with Crippen molar-refractivity contribution in [1.29, 1.82) is 0 Å². The summed E-state index contributed by atoms with van der Waals surface area (Å²) in [6, 6.07) is 9.89. The Morgan fingerprint density at radius 1 is 1.08 bits per heavy atom. The maximum absolute atomic E-state index is 3.32. The van der Waals surface area contributed by atoms with E-state index in [0.29, 0.717) is 0 Å². The maximum atomic E-state index is 3.32. The zero-order chi connectivity index (χ0) is 8.81. The first-order valence-corrected chi connectivity index (χ1v) is 4.86. The lowest BCUT2D eigenvalue weighted by molar-refractivity contribution is 0.902. The highest BCUT2D eigenvalue weighted by molar-refractivity contribution is 5.21. The summed E-state index contributed by atoms with van der Waals surface area (Å²) in [4.78, 5) is 0. The summed E-state index contributed by atoms with van der Waals surface area (Å²) < 4.78 is 0. The average Bonchev–Trinajstić information content (AvgIpc) is 2.09. The summed E-state index contributed by atoms with van der Waals surface area (Å²) in [6.07, 6.45) is 4.78. The number of rotatable bonds is 4. The summed E-state index contributed by atoms with van der Waals surface area (Å²) >= 11 is 0. The molecule has 0 unspecified atom stereocenters. The Labute approximate surface area is 75.6 Å². The molecule has 0 atom stereocenters. The highest BCUT2D eigenvalue weighted by Crippen LogP contribution is 2.07. The van der Waals surface area contributed by atoms with E-state index in [1.54, 1.807) is 0 Å². The van der Waals surface area contributed by atoms with Gasteiger partial charge in [-0.1, -0.05) is 44.9 Å². The van der Waals surface area contributed by atoms with E-state index in [1.165, 1.54) is 30.4 Å². The molecular formula is C12H17. The molecule has 0 N–H and O–H groups in total. The van der Waals surface area contributed by atoms with Crippen LogP contribution < -0.4 is 0 Å². The lowest BCUT2D eigenvalue weighted by Crippen LogP contribution is -1.86. The van der Waals surface area contributed by atoms with Gasteiger partial charge in [-0.25, -0.2) is 0 Å². The normalized spacial score (nSPS) is 10.2. The van der Waals surface area contributed by atoms with Gasteiger partial charge >= 0.3 is 0 Å². The van der Waals surface area contributed by atoms with Crippen molar-refractivity contribution in [2.24, 2.45) is 0 Å². The van der Waals surface area contributed by atoms with E-state index < -0.39 is 0 Å². The molecule has 0 aliphatic heterocycles. The van der Waals surface area contributed by atoms with Gasteiger partial charge in [0.2, 0.25) is 0 Å². The second-order valence-electron chi connectivity index (χ2n) is 3.22. The summed E-state index contributed by atoms with van der Waals surface area (Å²) in [5.41, 5.74) is 2.76. The molecule has 0 nitrogen and oxygen atoms in total. The van der Waals surface area contributed by atoms with Crippen molar-refractivity contribution in [2.75, 3.05) is 0 Å². The molecule has 1 aromatic rings. The standard InChI is InChI=1S/C12H17/c1-3-5-11-7-9-12(6-4-2)10-8-11/h7-9H,3-6H2,1-2H3. The first-order valence-electron chi connectivity index (χ1n) is 4.86. The molecular weight excluding hydrogens is 144 g/mol. The average molecular weight is 161 g/mol. The van der Waals surface area contributed by atoms with Crippen molar-refractivity contribution >= 4 is 0 Å². The van der Waals surface area contributed by atoms with E-state index in [1.807, 2.05) is 0 Å².